The number of carbonyl (C=O) groups is 1. The molecule has 108 valence electrons. The van der Waals surface area contributed by atoms with Crippen LogP contribution in [-0.2, 0) is 9.53 Å². The molecule has 0 saturated carbocycles. The van der Waals surface area contributed by atoms with Gasteiger partial charge in [0, 0.05) is 25.2 Å². The Kier molecular flexibility index (Phi) is 4.41. The Bertz CT molecular complexity index is 537. The molecule has 20 heavy (non-hydrogen) atoms. The largest absolute Gasteiger partial charge is 0.481 e. The maximum Gasteiger partial charge on any atom is 0.306 e. The molecule has 0 aromatic heterocycles. The van der Waals surface area contributed by atoms with Crippen LogP contribution < -0.4 is 4.90 Å². The second-order valence-electron chi connectivity index (χ2n) is 4.43. The van der Waals surface area contributed by atoms with E-state index in [-0.39, 0.29) is 17.1 Å². The van der Waals surface area contributed by atoms with Gasteiger partial charge in [-0.25, -0.2) is 0 Å². The van der Waals surface area contributed by atoms with Gasteiger partial charge >= 0.3 is 5.97 Å². The van der Waals surface area contributed by atoms with E-state index in [2.05, 4.69) is 0 Å². The average Bonchev–Trinajstić information content (AvgIpc) is 2.38. The Morgan fingerprint density at radius 1 is 1.60 bits per heavy atom. The van der Waals surface area contributed by atoms with Crippen molar-refractivity contribution in [3.05, 3.63) is 33.3 Å². The molecule has 0 spiro atoms. The van der Waals surface area contributed by atoms with Crippen LogP contribution in [0.3, 0.4) is 0 Å². The smallest absolute Gasteiger partial charge is 0.306 e. The van der Waals surface area contributed by atoms with Crippen molar-refractivity contribution >= 4 is 28.9 Å². The third kappa shape index (κ3) is 3.37. The standard InChI is InChI=1S/C12H13ClN2O5/c13-10-5-8(15(18)19)1-2-11(10)14-3-4-20-9(7-14)6-12(16)17/h1-2,5,9H,3-4,6-7H2,(H,16,17). The van der Waals surface area contributed by atoms with E-state index < -0.39 is 17.0 Å². The van der Waals surface area contributed by atoms with Crippen LogP contribution >= 0.6 is 11.6 Å². The fraction of sp³-hybridized carbons (Fsp3) is 0.417. The average molecular weight is 301 g/mol. The van der Waals surface area contributed by atoms with Crippen LogP contribution in [0.1, 0.15) is 6.42 Å². The van der Waals surface area contributed by atoms with Gasteiger partial charge in [-0.15, -0.1) is 0 Å². The lowest BCUT2D eigenvalue weighted by Crippen LogP contribution is -2.43. The SMILES string of the molecule is O=C(O)CC1CN(c2ccc([N+](=O)[O-])cc2Cl)CCO1. The molecule has 0 aliphatic carbocycles. The number of carboxylic acid groups (broad SMARTS) is 1. The monoisotopic (exact) mass is 300 g/mol. The number of nitro benzene ring substituents is 1. The fourth-order valence-electron chi connectivity index (χ4n) is 2.12. The summed E-state index contributed by atoms with van der Waals surface area (Å²) in [5, 5.41) is 19.7. The van der Waals surface area contributed by atoms with Crippen LogP contribution in [0.4, 0.5) is 11.4 Å². The maximum atomic E-state index is 10.7. The Hall–Kier alpha value is -1.86. The molecule has 1 heterocycles. The normalized spacial score (nSPS) is 18.9. The van der Waals surface area contributed by atoms with Gasteiger partial charge in [-0.1, -0.05) is 11.6 Å². The number of hydrogen-bond donors (Lipinski definition) is 1. The minimum atomic E-state index is -0.924. The molecule has 1 atom stereocenters. The molecule has 0 bridgehead atoms. The van der Waals surface area contributed by atoms with Crippen molar-refractivity contribution in [2.45, 2.75) is 12.5 Å². The Morgan fingerprint density at radius 3 is 2.95 bits per heavy atom. The lowest BCUT2D eigenvalue weighted by Gasteiger charge is -2.34. The molecule has 1 aromatic carbocycles. The van der Waals surface area contributed by atoms with Gasteiger partial charge in [0.2, 0.25) is 0 Å². The number of non-ortho nitro benzene ring substituents is 1. The summed E-state index contributed by atoms with van der Waals surface area (Å²) in [7, 11) is 0. The summed E-state index contributed by atoms with van der Waals surface area (Å²) < 4.78 is 5.37. The third-order valence-electron chi connectivity index (χ3n) is 3.02. The van der Waals surface area contributed by atoms with Crippen molar-refractivity contribution in [1.29, 1.82) is 0 Å². The van der Waals surface area contributed by atoms with Crippen molar-refractivity contribution in [2.75, 3.05) is 24.6 Å². The molecule has 1 N–H and O–H groups in total. The molecule has 1 aliphatic heterocycles. The molecule has 1 saturated heterocycles. The van der Waals surface area contributed by atoms with Gasteiger partial charge in [-0.05, 0) is 6.07 Å². The first-order chi connectivity index (χ1) is 9.47. The molecule has 1 aromatic rings. The highest BCUT2D eigenvalue weighted by molar-refractivity contribution is 6.33. The van der Waals surface area contributed by atoms with E-state index >= 15 is 0 Å². The van der Waals surface area contributed by atoms with Crippen molar-refractivity contribution in [2.24, 2.45) is 0 Å². The van der Waals surface area contributed by atoms with Gasteiger partial charge < -0.3 is 14.7 Å². The number of aliphatic carboxylic acids is 1. The summed E-state index contributed by atoms with van der Waals surface area (Å²) in [6.45, 7) is 1.35. The Labute approximate surface area is 119 Å². The zero-order valence-electron chi connectivity index (χ0n) is 10.5. The van der Waals surface area contributed by atoms with Crippen LogP contribution in [0.15, 0.2) is 18.2 Å². The van der Waals surface area contributed by atoms with Crippen molar-refractivity contribution in [3.63, 3.8) is 0 Å². The summed E-state index contributed by atoms with van der Waals surface area (Å²) in [5.41, 5.74) is 0.574. The lowest BCUT2D eigenvalue weighted by molar-refractivity contribution is -0.384. The zero-order chi connectivity index (χ0) is 14.7. The van der Waals surface area contributed by atoms with Crippen LogP contribution in [0.5, 0.6) is 0 Å². The van der Waals surface area contributed by atoms with Crippen LogP contribution in [0, 0.1) is 10.1 Å². The van der Waals surface area contributed by atoms with E-state index in [9.17, 15) is 14.9 Å². The number of carboxylic acids is 1. The van der Waals surface area contributed by atoms with Gasteiger partial charge in [-0.3, -0.25) is 14.9 Å². The number of nitrogens with zero attached hydrogens (tertiary/aromatic N) is 2. The van der Waals surface area contributed by atoms with E-state index in [1.54, 1.807) is 6.07 Å². The van der Waals surface area contributed by atoms with E-state index in [4.69, 9.17) is 21.4 Å². The number of halogens is 1. The number of ether oxygens (including phenoxy) is 1. The van der Waals surface area contributed by atoms with E-state index in [1.807, 2.05) is 4.90 Å². The molecule has 2 rings (SSSR count). The molecule has 7 nitrogen and oxygen atoms in total. The fourth-order valence-corrected chi connectivity index (χ4v) is 2.42. The predicted molar refractivity (Wildman–Crippen MR) is 72.3 cm³/mol. The van der Waals surface area contributed by atoms with Gasteiger partial charge in [0.15, 0.2) is 0 Å². The highest BCUT2D eigenvalue weighted by Gasteiger charge is 2.24. The first-order valence-electron chi connectivity index (χ1n) is 5.99. The number of morpholine rings is 1. The van der Waals surface area contributed by atoms with Crippen LogP contribution in [0.2, 0.25) is 5.02 Å². The third-order valence-corrected chi connectivity index (χ3v) is 3.33. The maximum absolute atomic E-state index is 10.7. The quantitative estimate of drug-likeness (QED) is 0.674. The molecule has 0 radical (unpaired) electrons. The van der Waals surface area contributed by atoms with E-state index in [1.165, 1.54) is 12.1 Å². The second-order valence-corrected chi connectivity index (χ2v) is 4.84. The first-order valence-corrected chi connectivity index (χ1v) is 6.37. The van der Waals surface area contributed by atoms with Gasteiger partial charge in [0.05, 0.1) is 34.8 Å². The van der Waals surface area contributed by atoms with Gasteiger partial charge in [-0.2, -0.15) is 0 Å². The number of anilines is 1. The van der Waals surface area contributed by atoms with Crippen LogP contribution in [-0.4, -0.2) is 41.8 Å². The van der Waals surface area contributed by atoms with E-state index in [0.717, 1.165) is 0 Å². The number of hydrogen-bond acceptors (Lipinski definition) is 5. The number of benzene rings is 1. The first kappa shape index (κ1) is 14.5. The second kappa shape index (κ2) is 6.06. The minimum absolute atomic E-state index is 0.0749. The molecule has 1 fully saturated rings. The summed E-state index contributed by atoms with van der Waals surface area (Å²) in [6.07, 6.45) is -0.492. The molecular formula is C12H13ClN2O5. The summed E-state index contributed by atoms with van der Waals surface area (Å²) >= 11 is 6.06. The van der Waals surface area contributed by atoms with Crippen molar-refractivity contribution in [1.82, 2.24) is 0 Å². The molecule has 1 unspecified atom stereocenters. The van der Waals surface area contributed by atoms with Crippen molar-refractivity contribution < 1.29 is 19.6 Å². The van der Waals surface area contributed by atoms with Gasteiger partial charge in [0.25, 0.3) is 5.69 Å². The van der Waals surface area contributed by atoms with E-state index in [0.29, 0.717) is 25.4 Å². The predicted octanol–water partition coefficient (Wildman–Crippen LogP) is 1.93. The molecule has 8 heteroatoms. The van der Waals surface area contributed by atoms with Crippen molar-refractivity contribution in [3.8, 4) is 0 Å². The Morgan fingerprint density at radius 2 is 2.35 bits per heavy atom. The summed E-state index contributed by atoms with van der Waals surface area (Å²) in [4.78, 5) is 22.7. The Balaban J connectivity index is 2.14. The highest BCUT2D eigenvalue weighted by Crippen LogP contribution is 2.31. The molecular weight excluding hydrogens is 288 g/mol. The molecule has 1 aliphatic rings. The van der Waals surface area contributed by atoms with Gasteiger partial charge in [0.1, 0.15) is 0 Å². The summed E-state index contributed by atoms with van der Waals surface area (Å²) in [6, 6.07) is 4.24. The topological polar surface area (TPSA) is 92.9 Å². The molecule has 0 amide bonds. The zero-order valence-corrected chi connectivity index (χ0v) is 11.2. The minimum Gasteiger partial charge on any atom is -0.481 e. The summed E-state index contributed by atoms with van der Waals surface area (Å²) in [5.74, 6) is -0.924. The number of nitro groups is 1. The highest BCUT2D eigenvalue weighted by atomic mass is 35.5. The lowest BCUT2D eigenvalue weighted by atomic mass is 10.2. The number of rotatable bonds is 4. The van der Waals surface area contributed by atoms with Crippen LogP contribution in [0.25, 0.3) is 0 Å².